The monoisotopic (exact) mass is 233 g/mol. The second-order valence-corrected chi connectivity index (χ2v) is 5.77. The van der Waals surface area contributed by atoms with E-state index in [9.17, 15) is 0 Å². The second kappa shape index (κ2) is 5.09. The Kier molecular flexibility index (Phi) is 3.72. The maximum absolute atomic E-state index is 6.13. The molecule has 0 saturated heterocycles. The number of para-hydroxylation sites is 1. The smallest absolute Gasteiger partial charge is 0.119 e. The first kappa shape index (κ1) is 12.4. The summed E-state index contributed by atoms with van der Waals surface area (Å²) in [5.74, 6) is 0.982. The molecule has 0 aliphatic heterocycles. The molecule has 1 aliphatic rings. The van der Waals surface area contributed by atoms with Gasteiger partial charge in [-0.15, -0.1) is 0 Å². The van der Waals surface area contributed by atoms with Crippen LogP contribution >= 0.6 is 0 Å². The molecule has 2 unspecified atom stereocenters. The maximum atomic E-state index is 6.13. The third kappa shape index (κ3) is 3.22. The molecule has 0 bridgehead atoms. The van der Waals surface area contributed by atoms with Crippen molar-refractivity contribution in [2.45, 2.75) is 45.3 Å². The number of hydrogen-bond acceptors (Lipinski definition) is 2. The summed E-state index contributed by atoms with van der Waals surface area (Å²) in [7, 11) is 2.03. The number of benzene rings is 1. The molecule has 0 amide bonds. The van der Waals surface area contributed by atoms with Gasteiger partial charge in [-0.05, 0) is 43.9 Å². The van der Waals surface area contributed by atoms with E-state index in [2.05, 4.69) is 19.2 Å². The van der Waals surface area contributed by atoms with Crippen LogP contribution in [0.1, 0.15) is 33.1 Å². The van der Waals surface area contributed by atoms with Gasteiger partial charge in [0.15, 0.2) is 0 Å². The van der Waals surface area contributed by atoms with Crippen molar-refractivity contribution in [3.05, 3.63) is 30.3 Å². The van der Waals surface area contributed by atoms with Gasteiger partial charge in [-0.2, -0.15) is 0 Å². The highest BCUT2D eigenvalue weighted by molar-refractivity contribution is 5.21. The zero-order chi connectivity index (χ0) is 12.3. The van der Waals surface area contributed by atoms with Crippen LogP contribution in [0.25, 0.3) is 0 Å². The zero-order valence-corrected chi connectivity index (χ0v) is 11.1. The van der Waals surface area contributed by atoms with Gasteiger partial charge in [0.25, 0.3) is 0 Å². The van der Waals surface area contributed by atoms with E-state index in [1.54, 1.807) is 0 Å². The average molecular weight is 233 g/mol. The van der Waals surface area contributed by atoms with Crippen molar-refractivity contribution >= 4 is 0 Å². The van der Waals surface area contributed by atoms with Gasteiger partial charge in [-0.1, -0.05) is 32.0 Å². The molecule has 0 radical (unpaired) electrons. The molecule has 17 heavy (non-hydrogen) atoms. The molecule has 1 aliphatic carbocycles. The molecular weight excluding hydrogens is 210 g/mol. The molecule has 1 aromatic carbocycles. The Balaban J connectivity index is 2.06. The normalized spacial score (nSPS) is 27.7. The van der Waals surface area contributed by atoms with Crippen molar-refractivity contribution in [2.24, 2.45) is 5.41 Å². The average Bonchev–Trinajstić information content (AvgIpc) is 2.30. The predicted molar refractivity (Wildman–Crippen MR) is 71.3 cm³/mol. The van der Waals surface area contributed by atoms with Gasteiger partial charge in [0.1, 0.15) is 11.9 Å². The second-order valence-electron chi connectivity index (χ2n) is 5.77. The predicted octanol–water partition coefficient (Wildman–Crippen LogP) is 3.23. The topological polar surface area (TPSA) is 21.3 Å². The molecule has 0 heterocycles. The lowest BCUT2D eigenvalue weighted by Crippen LogP contribution is -2.47. The van der Waals surface area contributed by atoms with Crippen molar-refractivity contribution in [3.63, 3.8) is 0 Å². The lowest BCUT2D eigenvalue weighted by Gasteiger charge is -2.40. The number of nitrogens with one attached hydrogen (secondary N) is 1. The molecule has 1 fully saturated rings. The highest BCUT2D eigenvalue weighted by Crippen LogP contribution is 2.37. The van der Waals surface area contributed by atoms with E-state index in [4.69, 9.17) is 4.74 Å². The van der Waals surface area contributed by atoms with Gasteiger partial charge in [0.2, 0.25) is 0 Å². The first-order valence-corrected chi connectivity index (χ1v) is 6.50. The van der Waals surface area contributed by atoms with E-state index >= 15 is 0 Å². The van der Waals surface area contributed by atoms with Crippen LogP contribution in [0.3, 0.4) is 0 Å². The summed E-state index contributed by atoms with van der Waals surface area (Å²) < 4.78 is 6.13. The minimum absolute atomic E-state index is 0.283. The van der Waals surface area contributed by atoms with Crippen molar-refractivity contribution in [1.82, 2.24) is 5.32 Å². The molecule has 2 heteroatoms. The molecule has 0 spiro atoms. The number of rotatable bonds is 3. The fourth-order valence-corrected chi connectivity index (χ4v) is 2.65. The zero-order valence-electron chi connectivity index (χ0n) is 11.1. The van der Waals surface area contributed by atoms with Crippen LogP contribution in [0.5, 0.6) is 5.75 Å². The van der Waals surface area contributed by atoms with Gasteiger partial charge in [-0.3, -0.25) is 0 Å². The van der Waals surface area contributed by atoms with Gasteiger partial charge in [-0.25, -0.2) is 0 Å². The van der Waals surface area contributed by atoms with E-state index in [1.807, 2.05) is 37.4 Å². The molecule has 1 saturated carbocycles. The van der Waals surface area contributed by atoms with Gasteiger partial charge < -0.3 is 10.1 Å². The molecule has 1 N–H and O–H groups in total. The van der Waals surface area contributed by atoms with Crippen LogP contribution in [0, 0.1) is 5.41 Å². The first-order valence-electron chi connectivity index (χ1n) is 6.50. The lowest BCUT2D eigenvalue weighted by molar-refractivity contribution is 0.0559. The van der Waals surface area contributed by atoms with Crippen LogP contribution in [0.2, 0.25) is 0 Å². The third-order valence-electron chi connectivity index (χ3n) is 3.74. The fraction of sp³-hybridized carbons (Fsp3) is 0.600. The Bertz CT molecular complexity index is 347. The molecule has 94 valence electrons. The summed E-state index contributed by atoms with van der Waals surface area (Å²) >= 11 is 0. The summed E-state index contributed by atoms with van der Waals surface area (Å²) in [6.45, 7) is 4.67. The Morgan fingerprint density at radius 2 is 1.94 bits per heavy atom. The number of ether oxygens (including phenoxy) is 1. The number of likely N-dealkylation sites (N-methyl/N-ethyl adjacent to an activating group) is 1. The van der Waals surface area contributed by atoms with Crippen LogP contribution in [0.15, 0.2) is 30.3 Å². The van der Waals surface area contributed by atoms with Crippen molar-refractivity contribution < 1.29 is 4.74 Å². The summed E-state index contributed by atoms with van der Waals surface area (Å²) in [6, 6.07) is 10.6. The fourth-order valence-electron chi connectivity index (χ4n) is 2.65. The Hall–Kier alpha value is -1.02. The van der Waals surface area contributed by atoms with Gasteiger partial charge in [0, 0.05) is 6.04 Å². The SMILES string of the molecule is CNC1CCC(C)(C)CC1Oc1ccccc1. The highest BCUT2D eigenvalue weighted by atomic mass is 16.5. The Morgan fingerprint density at radius 3 is 2.59 bits per heavy atom. The summed E-state index contributed by atoms with van der Waals surface area (Å²) in [4.78, 5) is 0. The van der Waals surface area contributed by atoms with Crippen molar-refractivity contribution in [3.8, 4) is 5.75 Å². The van der Waals surface area contributed by atoms with Gasteiger partial charge >= 0.3 is 0 Å². The van der Waals surface area contributed by atoms with Crippen molar-refractivity contribution in [1.29, 1.82) is 0 Å². The highest BCUT2D eigenvalue weighted by Gasteiger charge is 2.35. The lowest BCUT2D eigenvalue weighted by atomic mass is 9.74. The van der Waals surface area contributed by atoms with E-state index in [0.29, 0.717) is 11.5 Å². The summed E-state index contributed by atoms with van der Waals surface area (Å²) in [5.41, 5.74) is 0.396. The molecular formula is C15H23NO. The molecule has 2 nitrogen and oxygen atoms in total. The molecule has 2 rings (SSSR count). The van der Waals surface area contributed by atoms with Crippen molar-refractivity contribution in [2.75, 3.05) is 7.05 Å². The third-order valence-corrected chi connectivity index (χ3v) is 3.74. The van der Waals surface area contributed by atoms with E-state index in [1.165, 1.54) is 12.8 Å². The Morgan fingerprint density at radius 1 is 1.24 bits per heavy atom. The molecule has 2 atom stereocenters. The van der Waals surface area contributed by atoms with Crippen LogP contribution < -0.4 is 10.1 Å². The van der Waals surface area contributed by atoms with Gasteiger partial charge in [0.05, 0.1) is 0 Å². The van der Waals surface area contributed by atoms with Crippen LogP contribution in [-0.4, -0.2) is 19.2 Å². The number of hydrogen-bond donors (Lipinski definition) is 1. The standard InChI is InChI=1S/C15H23NO/c1-15(2)10-9-13(16-3)14(11-15)17-12-7-5-4-6-8-12/h4-8,13-14,16H,9-11H2,1-3H3. The van der Waals surface area contributed by atoms with Crippen LogP contribution in [-0.2, 0) is 0 Å². The first-order chi connectivity index (χ1) is 8.11. The minimum atomic E-state index is 0.283. The van der Waals surface area contributed by atoms with E-state index in [-0.39, 0.29) is 6.10 Å². The van der Waals surface area contributed by atoms with Crippen LogP contribution in [0.4, 0.5) is 0 Å². The minimum Gasteiger partial charge on any atom is -0.489 e. The molecule has 0 aromatic heterocycles. The summed E-state index contributed by atoms with van der Waals surface area (Å²) in [5, 5.41) is 3.39. The largest absolute Gasteiger partial charge is 0.489 e. The summed E-state index contributed by atoms with van der Waals surface area (Å²) in [6.07, 6.45) is 3.87. The van der Waals surface area contributed by atoms with E-state index < -0.39 is 0 Å². The molecule has 1 aromatic rings. The maximum Gasteiger partial charge on any atom is 0.119 e. The quantitative estimate of drug-likeness (QED) is 0.865. The Labute approximate surface area is 104 Å². The van der Waals surface area contributed by atoms with E-state index in [0.717, 1.165) is 12.2 Å².